The SMILES string of the molecule is CC(C)CNC(CCCCNC(C)C)C(=O)CC(C)C. The minimum atomic E-state index is 0.0545. The zero-order valence-electron chi connectivity index (χ0n) is 14.5. The van der Waals surface area contributed by atoms with Gasteiger partial charge in [0.25, 0.3) is 0 Å². The van der Waals surface area contributed by atoms with E-state index in [1.807, 2.05) is 0 Å². The lowest BCUT2D eigenvalue weighted by atomic mass is 9.97. The third-order valence-corrected chi connectivity index (χ3v) is 3.24. The van der Waals surface area contributed by atoms with Crippen LogP contribution < -0.4 is 10.6 Å². The smallest absolute Gasteiger partial charge is 0.149 e. The maximum absolute atomic E-state index is 12.3. The molecule has 0 saturated heterocycles. The Kier molecular flexibility index (Phi) is 11.0. The number of Topliss-reactive ketones (excluding diaryl/α,β-unsaturated/α-hetero) is 1. The first-order valence-corrected chi connectivity index (χ1v) is 8.32. The number of nitrogens with one attached hydrogen (secondary N) is 2. The molecule has 0 aromatic heterocycles. The van der Waals surface area contributed by atoms with E-state index in [4.69, 9.17) is 0 Å². The second-order valence-corrected chi connectivity index (χ2v) is 7.02. The fraction of sp³-hybridized carbons (Fsp3) is 0.941. The Morgan fingerprint density at radius 1 is 0.900 bits per heavy atom. The van der Waals surface area contributed by atoms with Gasteiger partial charge in [0.05, 0.1) is 6.04 Å². The van der Waals surface area contributed by atoms with Crippen LogP contribution in [0.25, 0.3) is 0 Å². The summed E-state index contributed by atoms with van der Waals surface area (Å²) in [6.45, 7) is 14.9. The molecule has 20 heavy (non-hydrogen) atoms. The van der Waals surface area contributed by atoms with E-state index >= 15 is 0 Å². The molecule has 3 nitrogen and oxygen atoms in total. The third-order valence-electron chi connectivity index (χ3n) is 3.24. The molecule has 2 N–H and O–H groups in total. The predicted octanol–water partition coefficient (Wildman–Crippen LogP) is 3.38. The summed E-state index contributed by atoms with van der Waals surface area (Å²) >= 11 is 0. The van der Waals surface area contributed by atoms with Crippen LogP contribution in [0.4, 0.5) is 0 Å². The second-order valence-electron chi connectivity index (χ2n) is 7.02. The summed E-state index contributed by atoms with van der Waals surface area (Å²) in [7, 11) is 0. The molecule has 0 bridgehead atoms. The zero-order chi connectivity index (χ0) is 15.5. The summed E-state index contributed by atoms with van der Waals surface area (Å²) in [6, 6.07) is 0.603. The monoisotopic (exact) mass is 284 g/mol. The van der Waals surface area contributed by atoms with E-state index in [0.717, 1.165) is 32.4 Å². The zero-order valence-corrected chi connectivity index (χ0v) is 14.5. The van der Waals surface area contributed by atoms with Gasteiger partial charge in [-0.3, -0.25) is 4.79 Å². The fourth-order valence-corrected chi connectivity index (χ4v) is 2.16. The quantitative estimate of drug-likeness (QED) is 0.540. The number of rotatable bonds is 12. The number of carbonyl (C=O) groups excluding carboxylic acids is 1. The lowest BCUT2D eigenvalue weighted by Crippen LogP contribution is -2.39. The van der Waals surface area contributed by atoms with Gasteiger partial charge < -0.3 is 10.6 Å². The van der Waals surface area contributed by atoms with Gasteiger partial charge in [-0.05, 0) is 37.8 Å². The number of hydrogen-bond acceptors (Lipinski definition) is 3. The molecule has 0 aromatic rings. The Morgan fingerprint density at radius 3 is 2.05 bits per heavy atom. The highest BCUT2D eigenvalue weighted by molar-refractivity contribution is 5.84. The molecule has 0 saturated carbocycles. The van der Waals surface area contributed by atoms with Crippen molar-refractivity contribution in [1.29, 1.82) is 0 Å². The van der Waals surface area contributed by atoms with Crippen LogP contribution in [0.5, 0.6) is 0 Å². The summed E-state index contributed by atoms with van der Waals surface area (Å²) in [5, 5.41) is 6.88. The number of ketones is 1. The number of hydrogen-bond donors (Lipinski definition) is 2. The first-order chi connectivity index (χ1) is 9.32. The van der Waals surface area contributed by atoms with Crippen molar-refractivity contribution in [2.45, 2.75) is 79.3 Å². The maximum Gasteiger partial charge on any atom is 0.149 e. The molecule has 1 unspecified atom stereocenters. The van der Waals surface area contributed by atoms with Gasteiger partial charge in [-0.25, -0.2) is 0 Å². The molecular formula is C17H36N2O. The predicted molar refractivity (Wildman–Crippen MR) is 88.1 cm³/mol. The summed E-state index contributed by atoms with van der Waals surface area (Å²) in [4.78, 5) is 12.3. The van der Waals surface area contributed by atoms with E-state index in [2.05, 4.69) is 52.2 Å². The first-order valence-electron chi connectivity index (χ1n) is 8.32. The van der Waals surface area contributed by atoms with Crippen LogP contribution in [-0.4, -0.2) is 31.0 Å². The molecule has 0 heterocycles. The maximum atomic E-state index is 12.3. The van der Waals surface area contributed by atoms with Crippen LogP contribution in [0.15, 0.2) is 0 Å². The summed E-state index contributed by atoms with van der Waals surface area (Å²) in [6.07, 6.45) is 3.92. The number of unbranched alkanes of at least 4 members (excludes halogenated alkanes) is 1. The highest BCUT2D eigenvalue weighted by Crippen LogP contribution is 2.09. The molecule has 3 heteroatoms. The van der Waals surface area contributed by atoms with E-state index in [1.54, 1.807) is 0 Å². The molecule has 0 aliphatic carbocycles. The van der Waals surface area contributed by atoms with Crippen LogP contribution in [0.3, 0.4) is 0 Å². The Labute approximate surface area is 126 Å². The molecule has 0 aliphatic heterocycles. The second kappa shape index (κ2) is 11.3. The van der Waals surface area contributed by atoms with Gasteiger partial charge in [0.15, 0.2) is 0 Å². The van der Waals surface area contributed by atoms with E-state index in [9.17, 15) is 4.79 Å². The third kappa shape index (κ3) is 11.4. The van der Waals surface area contributed by atoms with Crippen molar-refractivity contribution >= 4 is 5.78 Å². The lowest BCUT2D eigenvalue weighted by Gasteiger charge is -2.20. The Hall–Kier alpha value is -0.410. The van der Waals surface area contributed by atoms with Crippen molar-refractivity contribution < 1.29 is 4.79 Å². The van der Waals surface area contributed by atoms with Gasteiger partial charge in [-0.1, -0.05) is 48.0 Å². The Bertz CT molecular complexity index is 249. The van der Waals surface area contributed by atoms with Gasteiger partial charge >= 0.3 is 0 Å². The molecular weight excluding hydrogens is 248 g/mol. The average Bonchev–Trinajstić information content (AvgIpc) is 2.30. The van der Waals surface area contributed by atoms with Crippen molar-refractivity contribution in [1.82, 2.24) is 10.6 Å². The standard InChI is InChI=1S/C17H36N2O/c1-13(2)11-17(20)16(19-12-14(3)4)9-7-8-10-18-15(5)6/h13-16,18-19H,7-12H2,1-6H3. The molecule has 1 atom stereocenters. The van der Waals surface area contributed by atoms with Crippen molar-refractivity contribution in [3.8, 4) is 0 Å². The highest BCUT2D eigenvalue weighted by atomic mass is 16.1. The summed E-state index contributed by atoms with van der Waals surface area (Å²) in [5.74, 6) is 1.43. The topological polar surface area (TPSA) is 41.1 Å². The highest BCUT2D eigenvalue weighted by Gasteiger charge is 2.18. The summed E-state index contributed by atoms with van der Waals surface area (Å²) in [5.41, 5.74) is 0. The molecule has 0 amide bonds. The van der Waals surface area contributed by atoms with E-state index in [0.29, 0.717) is 30.1 Å². The minimum absolute atomic E-state index is 0.0545. The normalized spacial score (nSPS) is 13.4. The van der Waals surface area contributed by atoms with Crippen molar-refractivity contribution in [3.63, 3.8) is 0 Å². The van der Waals surface area contributed by atoms with Crippen LogP contribution in [0, 0.1) is 11.8 Å². The molecule has 0 radical (unpaired) electrons. The minimum Gasteiger partial charge on any atom is -0.315 e. The molecule has 0 aliphatic rings. The molecule has 0 fully saturated rings. The molecule has 0 aromatic carbocycles. The molecule has 120 valence electrons. The van der Waals surface area contributed by atoms with E-state index in [1.165, 1.54) is 0 Å². The average molecular weight is 284 g/mol. The van der Waals surface area contributed by atoms with Gasteiger partial charge in [0.1, 0.15) is 5.78 Å². The van der Waals surface area contributed by atoms with Crippen LogP contribution in [0.1, 0.15) is 67.2 Å². The van der Waals surface area contributed by atoms with E-state index in [-0.39, 0.29) is 6.04 Å². The first kappa shape index (κ1) is 19.6. The van der Waals surface area contributed by atoms with Gasteiger partial charge in [-0.2, -0.15) is 0 Å². The van der Waals surface area contributed by atoms with Crippen LogP contribution in [-0.2, 0) is 4.79 Å². The summed E-state index contributed by atoms with van der Waals surface area (Å²) < 4.78 is 0. The molecule has 0 rings (SSSR count). The largest absolute Gasteiger partial charge is 0.315 e. The fourth-order valence-electron chi connectivity index (χ4n) is 2.16. The van der Waals surface area contributed by atoms with Crippen molar-refractivity contribution in [3.05, 3.63) is 0 Å². The van der Waals surface area contributed by atoms with Crippen molar-refractivity contribution in [2.75, 3.05) is 13.1 Å². The molecule has 0 spiro atoms. The number of carbonyl (C=O) groups is 1. The Morgan fingerprint density at radius 2 is 1.55 bits per heavy atom. The van der Waals surface area contributed by atoms with Crippen LogP contribution in [0.2, 0.25) is 0 Å². The van der Waals surface area contributed by atoms with Crippen molar-refractivity contribution in [2.24, 2.45) is 11.8 Å². The van der Waals surface area contributed by atoms with Crippen LogP contribution >= 0.6 is 0 Å². The van der Waals surface area contributed by atoms with Gasteiger partial charge in [-0.15, -0.1) is 0 Å². The van der Waals surface area contributed by atoms with E-state index < -0.39 is 0 Å². The van der Waals surface area contributed by atoms with Gasteiger partial charge in [0.2, 0.25) is 0 Å². The van der Waals surface area contributed by atoms with Gasteiger partial charge in [0, 0.05) is 12.5 Å². The lowest BCUT2D eigenvalue weighted by molar-refractivity contribution is -0.122. The Balaban J connectivity index is 4.07.